The molecule has 2 rings (SSSR count). The van der Waals surface area contributed by atoms with Crippen LogP contribution in [-0.2, 0) is 0 Å². The quantitative estimate of drug-likeness (QED) is 0.760. The first-order valence-electron chi connectivity index (χ1n) is 5.03. The van der Waals surface area contributed by atoms with Crippen LogP contribution in [0.2, 0.25) is 0 Å². The Bertz CT molecular complexity index is 302. The molecule has 2 heterocycles. The van der Waals surface area contributed by atoms with E-state index in [2.05, 4.69) is 36.1 Å². The molecular weight excluding hydrogens is 194 g/mol. The van der Waals surface area contributed by atoms with Crippen molar-refractivity contribution in [1.82, 2.24) is 15.2 Å². The summed E-state index contributed by atoms with van der Waals surface area (Å²) in [4.78, 5) is 8.35. The van der Waals surface area contributed by atoms with Crippen molar-refractivity contribution < 1.29 is 0 Å². The lowest BCUT2D eigenvalue weighted by Gasteiger charge is -2.31. The predicted molar refractivity (Wildman–Crippen MR) is 59.8 cm³/mol. The Kier molecular flexibility index (Phi) is 2.85. The summed E-state index contributed by atoms with van der Waals surface area (Å²) in [7, 11) is 2.18. The van der Waals surface area contributed by atoms with Crippen LogP contribution in [0, 0.1) is 13.8 Å². The summed E-state index contributed by atoms with van der Waals surface area (Å²) in [6.45, 7) is 7.47. The van der Waals surface area contributed by atoms with Crippen LogP contribution in [0.15, 0.2) is 0 Å². The first-order chi connectivity index (χ1) is 6.68. The molecule has 3 nitrogen and oxygen atoms in total. The molecule has 1 aromatic rings. The van der Waals surface area contributed by atoms with Crippen LogP contribution in [-0.4, -0.2) is 36.6 Å². The van der Waals surface area contributed by atoms with Gasteiger partial charge in [0.2, 0.25) is 0 Å². The van der Waals surface area contributed by atoms with Gasteiger partial charge in [-0.15, -0.1) is 11.3 Å². The lowest BCUT2D eigenvalue weighted by molar-refractivity contribution is 0.202. The van der Waals surface area contributed by atoms with E-state index in [4.69, 9.17) is 0 Å². The Morgan fingerprint density at radius 2 is 2.29 bits per heavy atom. The highest BCUT2D eigenvalue weighted by molar-refractivity contribution is 7.11. The van der Waals surface area contributed by atoms with E-state index in [1.807, 2.05) is 11.3 Å². The summed E-state index contributed by atoms with van der Waals surface area (Å²) in [5.41, 5.74) is 1.18. The fourth-order valence-corrected chi connectivity index (χ4v) is 2.81. The number of piperazine rings is 1. The van der Waals surface area contributed by atoms with E-state index >= 15 is 0 Å². The summed E-state index contributed by atoms with van der Waals surface area (Å²) in [6, 6.07) is 0.473. The number of thiazole rings is 1. The molecule has 0 spiro atoms. The number of rotatable bonds is 1. The summed E-state index contributed by atoms with van der Waals surface area (Å²) >= 11 is 1.83. The van der Waals surface area contributed by atoms with Crippen molar-refractivity contribution in [2.24, 2.45) is 0 Å². The predicted octanol–water partition coefficient (Wildman–Crippen LogP) is 1.34. The fraction of sp³-hybridized carbons (Fsp3) is 0.700. The average Bonchev–Trinajstić information content (AvgIpc) is 2.48. The molecule has 78 valence electrons. The van der Waals surface area contributed by atoms with Gasteiger partial charge >= 0.3 is 0 Å². The van der Waals surface area contributed by atoms with Gasteiger partial charge < -0.3 is 5.32 Å². The third-order valence-corrected chi connectivity index (χ3v) is 4.02. The van der Waals surface area contributed by atoms with Gasteiger partial charge in [-0.1, -0.05) is 0 Å². The molecule has 1 saturated heterocycles. The van der Waals surface area contributed by atoms with E-state index < -0.39 is 0 Å². The molecule has 1 aliphatic rings. The van der Waals surface area contributed by atoms with Crippen LogP contribution in [0.25, 0.3) is 0 Å². The van der Waals surface area contributed by atoms with E-state index in [0.717, 1.165) is 19.6 Å². The second kappa shape index (κ2) is 3.96. The standard InChI is InChI=1S/C10H17N3S/c1-7-8(2)14-10(12-7)9-6-11-4-5-13(9)3/h9,11H,4-6H2,1-3H3. The number of likely N-dealkylation sites (N-methyl/N-ethyl adjacent to an activating group) is 1. The summed E-state index contributed by atoms with van der Waals surface area (Å²) in [6.07, 6.45) is 0. The second-order valence-corrected chi connectivity index (χ2v) is 5.13. The highest BCUT2D eigenvalue weighted by Gasteiger charge is 2.23. The van der Waals surface area contributed by atoms with Crippen LogP contribution < -0.4 is 5.32 Å². The zero-order valence-corrected chi connectivity index (χ0v) is 9.82. The molecule has 0 radical (unpaired) electrons. The average molecular weight is 211 g/mol. The molecule has 0 bridgehead atoms. The van der Waals surface area contributed by atoms with E-state index in [0.29, 0.717) is 6.04 Å². The van der Waals surface area contributed by atoms with Gasteiger partial charge in [-0.2, -0.15) is 0 Å². The normalized spacial score (nSPS) is 24.1. The third-order valence-electron chi connectivity index (χ3n) is 2.84. The minimum atomic E-state index is 0.473. The van der Waals surface area contributed by atoms with E-state index in [-0.39, 0.29) is 0 Å². The van der Waals surface area contributed by atoms with E-state index in [1.54, 1.807) is 0 Å². The van der Waals surface area contributed by atoms with E-state index in [9.17, 15) is 0 Å². The van der Waals surface area contributed by atoms with Crippen LogP contribution in [0.4, 0.5) is 0 Å². The van der Waals surface area contributed by atoms with E-state index in [1.165, 1.54) is 15.6 Å². The number of nitrogens with one attached hydrogen (secondary N) is 1. The van der Waals surface area contributed by atoms with Gasteiger partial charge in [-0.05, 0) is 20.9 Å². The van der Waals surface area contributed by atoms with Gasteiger partial charge in [-0.3, -0.25) is 4.90 Å². The first-order valence-corrected chi connectivity index (χ1v) is 5.85. The van der Waals surface area contributed by atoms with Gasteiger partial charge in [0.15, 0.2) is 0 Å². The molecule has 1 unspecified atom stereocenters. The van der Waals surface area contributed by atoms with Gasteiger partial charge in [0.1, 0.15) is 5.01 Å². The van der Waals surface area contributed by atoms with Crippen molar-refractivity contribution in [3.63, 3.8) is 0 Å². The molecule has 0 saturated carbocycles. The van der Waals surface area contributed by atoms with Crippen molar-refractivity contribution in [2.45, 2.75) is 19.9 Å². The zero-order chi connectivity index (χ0) is 10.1. The summed E-state index contributed by atoms with van der Waals surface area (Å²) < 4.78 is 0. The number of aryl methyl sites for hydroxylation is 2. The first kappa shape index (κ1) is 10.1. The Morgan fingerprint density at radius 3 is 2.86 bits per heavy atom. The van der Waals surface area contributed by atoms with Crippen LogP contribution in [0.5, 0.6) is 0 Å². The molecule has 0 aliphatic carbocycles. The zero-order valence-electron chi connectivity index (χ0n) is 9.00. The maximum absolute atomic E-state index is 4.62. The Balaban J connectivity index is 2.20. The minimum Gasteiger partial charge on any atom is -0.313 e. The largest absolute Gasteiger partial charge is 0.313 e. The minimum absolute atomic E-state index is 0.473. The van der Waals surface area contributed by atoms with Gasteiger partial charge in [0, 0.05) is 24.5 Å². The van der Waals surface area contributed by atoms with Gasteiger partial charge in [0.05, 0.1) is 11.7 Å². The maximum atomic E-state index is 4.62. The SMILES string of the molecule is Cc1nc(C2CNCCN2C)sc1C. The number of nitrogens with zero attached hydrogens (tertiary/aromatic N) is 2. The summed E-state index contributed by atoms with van der Waals surface area (Å²) in [5.74, 6) is 0. The number of hydrogen-bond donors (Lipinski definition) is 1. The number of aromatic nitrogens is 1. The molecule has 0 amide bonds. The maximum Gasteiger partial charge on any atom is 0.112 e. The smallest absolute Gasteiger partial charge is 0.112 e. The number of hydrogen-bond acceptors (Lipinski definition) is 4. The van der Waals surface area contributed by atoms with Crippen molar-refractivity contribution in [3.05, 3.63) is 15.6 Å². The van der Waals surface area contributed by atoms with Crippen molar-refractivity contribution in [3.8, 4) is 0 Å². The second-order valence-electron chi connectivity index (χ2n) is 3.89. The van der Waals surface area contributed by atoms with Crippen LogP contribution >= 0.6 is 11.3 Å². The highest BCUT2D eigenvalue weighted by atomic mass is 32.1. The molecular formula is C10H17N3S. The van der Waals surface area contributed by atoms with Crippen molar-refractivity contribution in [2.75, 3.05) is 26.7 Å². The summed E-state index contributed by atoms with van der Waals surface area (Å²) in [5, 5.41) is 4.68. The lowest BCUT2D eigenvalue weighted by atomic mass is 10.2. The van der Waals surface area contributed by atoms with Gasteiger partial charge in [-0.25, -0.2) is 4.98 Å². The molecule has 0 aromatic carbocycles. The van der Waals surface area contributed by atoms with Crippen LogP contribution in [0.3, 0.4) is 0 Å². The van der Waals surface area contributed by atoms with Gasteiger partial charge in [0.25, 0.3) is 0 Å². The highest BCUT2D eigenvalue weighted by Crippen LogP contribution is 2.26. The Hall–Kier alpha value is -0.450. The molecule has 1 aromatic heterocycles. The Labute approximate surface area is 89.1 Å². The fourth-order valence-electron chi connectivity index (χ4n) is 1.72. The topological polar surface area (TPSA) is 28.2 Å². The van der Waals surface area contributed by atoms with Crippen molar-refractivity contribution >= 4 is 11.3 Å². The van der Waals surface area contributed by atoms with Crippen LogP contribution in [0.1, 0.15) is 21.6 Å². The molecule has 14 heavy (non-hydrogen) atoms. The third kappa shape index (κ3) is 1.82. The monoisotopic (exact) mass is 211 g/mol. The van der Waals surface area contributed by atoms with Crippen molar-refractivity contribution in [1.29, 1.82) is 0 Å². The molecule has 4 heteroatoms. The molecule has 1 aliphatic heterocycles. The molecule has 1 atom stereocenters. The lowest BCUT2D eigenvalue weighted by Crippen LogP contribution is -2.43. The Morgan fingerprint density at radius 1 is 1.50 bits per heavy atom. The molecule has 1 N–H and O–H groups in total. The molecule has 1 fully saturated rings.